The van der Waals surface area contributed by atoms with Crippen LogP contribution in [0.15, 0.2) is 30.1 Å². The van der Waals surface area contributed by atoms with Crippen molar-refractivity contribution in [3.63, 3.8) is 0 Å². The number of carbonyl (C=O) groups is 1. The molecule has 30 heavy (non-hydrogen) atoms. The SMILES string of the molecule is CCOC(=O)C(=Cc1c(C)c(OC)c(OC)c(C)c1OC)CCCc1cccnc1. The van der Waals surface area contributed by atoms with Crippen molar-refractivity contribution in [3.05, 3.63) is 52.4 Å². The van der Waals surface area contributed by atoms with Crippen LogP contribution < -0.4 is 14.2 Å². The Kier molecular flexibility index (Phi) is 8.71. The number of aromatic nitrogens is 1. The minimum Gasteiger partial charge on any atom is -0.496 e. The first-order valence-electron chi connectivity index (χ1n) is 10.0. The van der Waals surface area contributed by atoms with E-state index in [9.17, 15) is 4.79 Å². The first-order chi connectivity index (χ1) is 14.5. The topological polar surface area (TPSA) is 66.9 Å². The summed E-state index contributed by atoms with van der Waals surface area (Å²) in [5.74, 6) is 1.58. The van der Waals surface area contributed by atoms with Crippen LogP contribution in [0.3, 0.4) is 0 Å². The molecule has 0 bridgehead atoms. The van der Waals surface area contributed by atoms with Crippen LogP contribution in [0.25, 0.3) is 6.08 Å². The number of ether oxygens (including phenoxy) is 4. The van der Waals surface area contributed by atoms with E-state index in [1.165, 1.54) is 0 Å². The number of benzene rings is 1. The maximum atomic E-state index is 12.7. The molecule has 0 aliphatic rings. The smallest absolute Gasteiger partial charge is 0.334 e. The Morgan fingerprint density at radius 2 is 1.70 bits per heavy atom. The number of aryl methyl sites for hydroxylation is 1. The molecule has 0 spiro atoms. The zero-order chi connectivity index (χ0) is 22.1. The Hall–Kier alpha value is -3.02. The fraction of sp³-hybridized carbons (Fsp3) is 0.417. The predicted molar refractivity (Wildman–Crippen MR) is 117 cm³/mol. The van der Waals surface area contributed by atoms with E-state index in [-0.39, 0.29) is 5.97 Å². The van der Waals surface area contributed by atoms with E-state index in [2.05, 4.69) is 4.98 Å². The third-order valence-electron chi connectivity index (χ3n) is 4.98. The molecular weight excluding hydrogens is 382 g/mol. The van der Waals surface area contributed by atoms with Crippen LogP contribution >= 0.6 is 0 Å². The van der Waals surface area contributed by atoms with Crippen molar-refractivity contribution in [2.24, 2.45) is 0 Å². The van der Waals surface area contributed by atoms with Gasteiger partial charge in [-0.15, -0.1) is 0 Å². The molecule has 0 fully saturated rings. The molecule has 0 aliphatic carbocycles. The van der Waals surface area contributed by atoms with Crippen molar-refractivity contribution in [2.75, 3.05) is 27.9 Å². The lowest BCUT2D eigenvalue weighted by Crippen LogP contribution is -2.09. The highest BCUT2D eigenvalue weighted by atomic mass is 16.5. The van der Waals surface area contributed by atoms with Crippen LogP contribution in [0, 0.1) is 13.8 Å². The summed E-state index contributed by atoms with van der Waals surface area (Å²) >= 11 is 0. The monoisotopic (exact) mass is 413 g/mol. The summed E-state index contributed by atoms with van der Waals surface area (Å²) in [6.45, 7) is 5.95. The van der Waals surface area contributed by atoms with Crippen LogP contribution in [-0.2, 0) is 16.0 Å². The summed E-state index contributed by atoms with van der Waals surface area (Å²) in [5.41, 5.74) is 4.17. The number of pyridine rings is 1. The van der Waals surface area contributed by atoms with E-state index >= 15 is 0 Å². The molecule has 0 saturated carbocycles. The van der Waals surface area contributed by atoms with Gasteiger partial charge in [0.05, 0.1) is 27.9 Å². The number of hydrogen-bond acceptors (Lipinski definition) is 6. The average Bonchev–Trinajstić information content (AvgIpc) is 2.75. The average molecular weight is 414 g/mol. The second kappa shape index (κ2) is 11.2. The number of hydrogen-bond donors (Lipinski definition) is 0. The maximum absolute atomic E-state index is 12.7. The van der Waals surface area contributed by atoms with Crippen LogP contribution in [0.4, 0.5) is 0 Å². The molecule has 6 heteroatoms. The summed E-state index contributed by atoms with van der Waals surface area (Å²) in [4.78, 5) is 16.8. The molecule has 2 aromatic rings. The summed E-state index contributed by atoms with van der Waals surface area (Å²) in [5, 5.41) is 0. The Morgan fingerprint density at radius 3 is 2.27 bits per heavy atom. The van der Waals surface area contributed by atoms with Gasteiger partial charge in [0.2, 0.25) is 0 Å². The Labute approximate surface area is 178 Å². The van der Waals surface area contributed by atoms with E-state index in [1.54, 1.807) is 34.4 Å². The molecule has 1 aromatic carbocycles. The third-order valence-corrected chi connectivity index (χ3v) is 4.98. The van der Waals surface area contributed by atoms with Crippen molar-refractivity contribution in [2.45, 2.75) is 40.0 Å². The lowest BCUT2D eigenvalue weighted by Gasteiger charge is -2.20. The van der Waals surface area contributed by atoms with Crippen LogP contribution in [0.5, 0.6) is 17.2 Å². The summed E-state index contributed by atoms with van der Waals surface area (Å²) in [7, 11) is 4.81. The Balaban J connectivity index is 2.45. The molecule has 0 aliphatic heterocycles. The second-order valence-corrected chi connectivity index (χ2v) is 6.87. The van der Waals surface area contributed by atoms with Crippen molar-refractivity contribution in [3.8, 4) is 17.2 Å². The van der Waals surface area contributed by atoms with E-state index in [1.807, 2.05) is 38.3 Å². The summed E-state index contributed by atoms with van der Waals surface area (Å²) < 4.78 is 22.1. The minimum absolute atomic E-state index is 0.319. The van der Waals surface area contributed by atoms with Gasteiger partial charge < -0.3 is 18.9 Å². The molecule has 0 atom stereocenters. The molecular formula is C24H31NO5. The highest BCUT2D eigenvalue weighted by Crippen LogP contribution is 2.44. The van der Waals surface area contributed by atoms with Gasteiger partial charge in [-0.05, 0) is 57.7 Å². The number of esters is 1. The zero-order valence-electron chi connectivity index (χ0n) is 18.7. The fourth-order valence-corrected chi connectivity index (χ4v) is 3.53. The first-order valence-corrected chi connectivity index (χ1v) is 10.0. The number of carbonyl (C=O) groups excluding carboxylic acids is 1. The summed E-state index contributed by atoms with van der Waals surface area (Å²) in [6.07, 6.45) is 7.64. The number of nitrogens with zero attached hydrogens (tertiary/aromatic N) is 1. The van der Waals surface area contributed by atoms with Crippen molar-refractivity contribution < 1.29 is 23.7 Å². The van der Waals surface area contributed by atoms with E-state index in [4.69, 9.17) is 18.9 Å². The molecule has 6 nitrogen and oxygen atoms in total. The molecule has 1 aromatic heterocycles. The molecule has 0 saturated heterocycles. The summed E-state index contributed by atoms with van der Waals surface area (Å²) in [6, 6.07) is 3.95. The molecule has 0 N–H and O–H groups in total. The lowest BCUT2D eigenvalue weighted by molar-refractivity contribution is -0.138. The van der Waals surface area contributed by atoms with Gasteiger partial charge in [-0.25, -0.2) is 4.79 Å². The van der Waals surface area contributed by atoms with Gasteiger partial charge >= 0.3 is 5.97 Å². The normalized spacial score (nSPS) is 11.2. The van der Waals surface area contributed by atoms with E-state index in [0.717, 1.165) is 35.1 Å². The highest BCUT2D eigenvalue weighted by Gasteiger charge is 2.22. The quantitative estimate of drug-likeness (QED) is 0.416. The third kappa shape index (κ3) is 5.32. The van der Waals surface area contributed by atoms with Crippen LogP contribution in [0.1, 0.15) is 42.0 Å². The van der Waals surface area contributed by atoms with Gasteiger partial charge in [-0.1, -0.05) is 6.07 Å². The van der Waals surface area contributed by atoms with Gasteiger partial charge in [0.25, 0.3) is 0 Å². The van der Waals surface area contributed by atoms with Crippen molar-refractivity contribution in [1.82, 2.24) is 4.98 Å². The van der Waals surface area contributed by atoms with Crippen molar-refractivity contribution in [1.29, 1.82) is 0 Å². The number of rotatable bonds is 10. The van der Waals surface area contributed by atoms with Gasteiger partial charge in [-0.2, -0.15) is 0 Å². The minimum atomic E-state index is -0.322. The van der Waals surface area contributed by atoms with E-state index in [0.29, 0.717) is 35.8 Å². The molecule has 0 unspecified atom stereocenters. The predicted octanol–water partition coefficient (Wildman–Crippen LogP) is 4.69. The fourth-order valence-electron chi connectivity index (χ4n) is 3.53. The molecule has 1 heterocycles. The van der Waals surface area contributed by atoms with Crippen LogP contribution in [0.2, 0.25) is 0 Å². The lowest BCUT2D eigenvalue weighted by atomic mass is 9.96. The van der Waals surface area contributed by atoms with E-state index < -0.39 is 0 Å². The Morgan fingerprint density at radius 1 is 1.03 bits per heavy atom. The molecule has 2 rings (SSSR count). The molecule has 0 amide bonds. The highest BCUT2D eigenvalue weighted by molar-refractivity contribution is 5.95. The van der Waals surface area contributed by atoms with Gasteiger partial charge in [0.1, 0.15) is 5.75 Å². The number of methoxy groups -OCH3 is 3. The first kappa shape index (κ1) is 23.3. The Bertz CT molecular complexity index is 890. The largest absolute Gasteiger partial charge is 0.496 e. The van der Waals surface area contributed by atoms with Crippen molar-refractivity contribution >= 4 is 12.0 Å². The molecule has 162 valence electrons. The van der Waals surface area contributed by atoms with Gasteiger partial charge in [0.15, 0.2) is 11.5 Å². The zero-order valence-corrected chi connectivity index (χ0v) is 18.7. The second-order valence-electron chi connectivity index (χ2n) is 6.87. The van der Waals surface area contributed by atoms with Gasteiger partial charge in [-0.3, -0.25) is 4.98 Å². The molecule has 0 radical (unpaired) electrons. The maximum Gasteiger partial charge on any atom is 0.334 e. The standard InChI is InChI=1S/C24H31NO5/c1-7-30-24(26)19(12-8-10-18-11-9-13-25-15-18)14-20-16(2)22(28-5)23(29-6)17(3)21(20)27-4/h9,11,13-15H,7-8,10,12H2,1-6H3. The van der Waals surface area contributed by atoms with Gasteiger partial charge in [0, 0.05) is 34.7 Å². The van der Waals surface area contributed by atoms with Crippen LogP contribution in [-0.4, -0.2) is 38.9 Å².